The van der Waals surface area contributed by atoms with Crippen LogP contribution in [-0.2, 0) is 6.54 Å². The van der Waals surface area contributed by atoms with E-state index >= 15 is 0 Å². The topological polar surface area (TPSA) is 73.8 Å². The summed E-state index contributed by atoms with van der Waals surface area (Å²) in [5, 5.41) is 7.54. The smallest absolute Gasteiger partial charge is 0.290 e. The van der Waals surface area contributed by atoms with Gasteiger partial charge in [0.15, 0.2) is 5.82 Å². The van der Waals surface area contributed by atoms with Gasteiger partial charge < -0.3 is 4.52 Å². The molecule has 0 atom stereocenters. The number of nitrogens with zero attached hydrogens (tertiary/aromatic N) is 4. The van der Waals surface area contributed by atoms with Crippen LogP contribution in [0.1, 0.15) is 16.5 Å². The number of aromatic nitrogens is 4. The van der Waals surface area contributed by atoms with Gasteiger partial charge in [-0.1, -0.05) is 5.16 Å². The van der Waals surface area contributed by atoms with Gasteiger partial charge in [-0.2, -0.15) is 10.1 Å². The maximum Gasteiger partial charge on any atom is 0.290 e. The molecule has 0 aromatic carbocycles. The van der Waals surface area contributed by atoms with Crippen LogP contribution in [-0.4, -0.2) is 26.2 Å². The lowest BCUT2D eigenvalue weighted by molar-refractivity contribution is 0.108. The Bertz CT molecular complexity index is 392. The first kappa shape index (κ1) is 7.66. The number of carbonyl (C=O) groups excluding carboxylic acids is 1. The lowest BCUT2D eigenvalue weighted by Crippen LogP contribution is -2.01. The van der Waals surface area contributed by atoms with Crippen molar-refractivity contribution >= 4 is 6.29 Å². The zero-order valence-corrected chi connectivity index (χ0v) is 6.62. The molecular formula is C7H6N4O2. The third-order valence-corrected chi connectivity index (χ3v) is 1.45. The Hall–Kier alpha value is -1.98. The summed E-state index contributed by atoms with van der Waals surface area (Å²) in [6.45, 7) is 0.407. The second kappa shape index (κ2) is 3.18. The van der Waals surface area contributed by atoms with Gasteiger partial charge in [0.25, 0.3) is 5.89 Å². The summed E-state index contributed by atoms with van der Waals surface area (Å²) < 4.78 is 6.23. The fraction of sp³-hybridized carbons (Fsp3) is 0.143. The lowest BCUT2D eigenvalue weighted by atomic mass is 10.6. The van der Waals surface area contributed by atoms with Gasteiger partial charge in [0.2, 0.25) is 6.29 Å². The van der Waals surface area contributed by atoms with Gasteiger partial charge in [0, 0.05) is 12.4 Å². The highest BCUT2D eigenvalue weighted by molar-refractivity contribution is 5.66. The van der Waals surface area contributed by atoms with E-state index in [1.165, 1.54) is 0 Å². The maximum atomic E-state index is 10.2. The first-order valence-corrected chi connectivity index (χ1v) is 3.63. The third-order valence-electron chi connectivity index (χ3n) is 1.45. The molecule has 6 heteroatoms. The SMILES string of the molecule is O=Cc1nc(Cn2cccn2)no1. The van der Waals surface area contributed by atoms with Gasteiger partial charge >= 0.3 is 0 Å². The van der Waals surface area contributed by atoms with Crippen molar-refractivity contribution in [1.82, 2.24) is 19.9 Å². The average molecular weight is 178 g/mol. The summed E-state index contributed by atoms with van der Waals surface area (Å²) >= 11 is 0. The molecule has 13 heavy (non-hydrogen) atoms. The highest BCUT2D eigenvalue weighted by atomic mass is 16.5. The van der Waals surface area contributed by atoms with E-state index in [9.17, 15) is 4.79 Å². The normalized spacial score (nSPS) is 10.2. The summed E-state index contributed by atoms with van der Waals surface area (Å²) in [6, 6.07) is 1.79. The van der Waals surface area contributed by atoms with Crippen molar-refractivity contribution in [2.75, 3.05) is 0 Å². The van der Waals surface area contributed by atoms with Crippen LogP contribution in [0.25, 0.3) is 0 Å². The van der Waals surface area contributed by atoms with Crippen molar-refractivity contribution < 1.29 is 9.32 Å². The second-order valence-electron chi connectivity index (χ2n) is 2.37. The predicted molar refractivity (Wildman–Crippen MR) is 41.0 cm³/mol. The summed E-state index contributed by atoms with van der Waals surface area (Å²) in [7, 11) is 0. The van der Waals surface area contributed by atoms with Crippen LogP contribution in [0.15, 0.2) is 23.0 Å². The number of aldehydes is 1. The van der Waals surface area contributed by atoms with Crippen LogP contribution in [0.5, 0.6) is 0 Å². The van der Waals surface area contributed by atoms with Crippen molar-refractivity contribution in [3.05, 3.63) is 30.2 Å². The molecule has 0 saturated heterocycles. The van der Waals surface area contributed by atoms with E-state index in [0.29, 0.717) is 18.7 Å². The minimum absolute atomic E-state index is 0.0119. The van der Waals surface area contributed by atoms with E-state index in [1.54, 1.807) is 23.1 Å². The number of hydrogen-bond donors (Lipinski definition) is 0. The van der Waals surface area contributed by atoms with Crippen molar-refractivity contribution in [2.24, 2.45) is 0 Å². The minimum atomic E-state index is -0.0119. The zero-order valence-electron chi connectivity index (χ0n) is 6.62. The van der Waals surface area contributed by atoms with E-state index in [4.69, 9.17) is 0 Å². The Morgan fingerprint density at radius 2 is 2.54 bits per heavy atom. The predicted octanol–water partition coefficient (Wildman–Crippen LogP) is 0.127. The van der Waals surface area contributed by atoms with Gasteiger partial charge in [-0.15, -0.1) is 0 Å². The second-order valence-corrected chi connectivity index (χ2v) is 2.37. The monoisotopic (exact) mass is 178 g/mol. The third kappa shape index (κ3) is 1.61. The van der Waals surface area contributed by atoms with E-state index in [0.717, 1.165) is 0 Å². The molecule has 0 N–H and O–H groups in total. The van der Waals surface area contributed by atoms with Gasteiger partial charge in [-0.3, -0.25) is 9.48 Å². The fourth-order valence-corrected chi connectivity index (χ4v) is 0.918. The molecule has 2 heterocycles. The molecule has 2 aromatic rings. The number of hydrogen-bond acceptors (Lipinski definition) is 5. The zero-order chi connectivity index (χ0) is 9.10. The molecule has 0 unspecified atom stereocenters. The number of rotatable bonds is 3. The quantitative estimate of drug-likeness (QED) is 0.624. The van der Waals surface area contributed by atoms with Crippen LogP contribution in [0, 0.1) is 0 Å². The first-order chi connectivity index (χ1) is 6.38. The largest absolute Gasteiger partial charge is 0.331 e. The molecule has 0 fully saturated rings. The van der Waals surface area contributed by atoms with Crippen LogP contribution in [0.2, 0.25) is 0 Å². The molecule has 0 amide bonds. The van der Waals surface area contributed by atoms with E-state index in [-0.39, 0.29) is 5.89 Å². The molecule has 0 radical (unpaired) electrons. The molecule has 66 valence electrons. The Morgan fingerprint density at radius 3 is 3.15 bits per heavy atom. The number of carbonyl (C=O) groups is 1. The minimum Gasteiger partial charge on any atom is -0.331 e. The van der Waals surface area contributed by atoms with Crippen LogP contribution < -0.4 is 0 Å². The Labute approximate surface area is 73.2 Å². The van der Waals surface area contributed by atoms with Crippen LogP contribution >= 0.6 is 0 Å². The van der Waals surface area contributed by atoms with E-state index < -0.39 is 0 Å². The summed E-state index contributed by atoms with van der Waals surface area (Å²) in [6.07, 6.45) is 3.94. The lowest BCUT2D eigenvalue weighted by Gasteiger charge is -1.92. The van der Waals surface area contributed by atoms with E-state index in [2.05, 4.69) is 19.8 Å². The van der Waals surface area contributed by atoms with Gasteiger partial charge in [-0.05, 0) is 6.07 Å². The molecule has 0 aliphatic rings. The van der Waals surface area contributed by atoms with Crippen LogP contribution in [0.3, 0.4) is 0 Å². The van der Waals surface area contributed by atoms with Gasteiger partial charge in [-0.25, -0.2) is 0 Å². The molecule has 0 spiro atoms. The molecule has 0 aliphatic heterocycles. The molecular weight excluding hydrogens is 172 g/mol. The Balaban J connectivity index is 2.14. The molecule has 0 bridgehead atoms. The van der Waals surface area contributed by atoms with E-state index in [1.807, 2.05) is 0 Å². The first-order valence-electron chi connectivity index (χ1n) is 3.63. The Morgan fingerprint density at radius 1 is 1.62 bits per heavy atom. The fourth-order valence-electron chi connectivity index (χ4n) is 0.918. The van der Waals surface area contributed by atoms with Crippen molar-refractivity contribution in [3.8, 4) is 0 Å². The molecule has 2 aromatic heterocycles. The van der Waals surface area contributed by atoms with Crippen molar-refractivity contribution in [1.29, 1.82) is 0 Å². The summed E-state index contributed by atoms with van der Waals surface area (Å²) in [5.41, 5.74) is 0. The molecule has 2 rings (SSSR count). The van der Waals surface area contributed by atoms with Crippen LogP contribution in [0.4, 0.5) is 0 Å². The highest BCUT2D eigenvalue weighted by Gasteiger charge is 2.04. The summed E-state index contributed by atoms with van der Waals surface area (Å²) in [5.74, 6) is 0.424. The standard InChI is InChI=1S/C7H6N4O2/c12-5-7-9-6(10-13-7)4-11-3-1-2-8-11/h1-3,5H,4H2. The van der Waals surface area contributed by atoms with Gasteiger partial charge in [0.05, 0.1) is 0 Å². The summed E-state index contributed by atoms with van der Waals surface area (Å²) in [4.78, 5) is 14.0. The van der Waals surface area contributed by atoms with Gasteiger partial charge in [0.1, 0.15) is 6.54 Å². The molecule has 0 saturated carbocycles. The molecule has 0 aliphatic carbocycles. The van der Waals surface area contributed by atoms with Crippen molar-refractivity contribution in [2.45, 2.75) is 6.54 Å². The highest BCUT2D eigenvalue weighted by Crippen LogP contribution is 1.96. The van der Waals surface area contributed by atoms with Crippen molar-refractivity contribution in [3.63, 3.8) is 0 Å². The average Bonchev–Trinajstić information content (AvgIpc) is 2.76. The Kier molecular flexibility index (Phi) is 1.87. The maximum absolute atomic E-state index is 10.2. The molecule has 6 nitrogen and oxygen atoms in total.